The molecule has 2 heterocycles. The molecule has 0 amide bonds. The van der Waals surface area contributed by atoms with Crippen molar-refractivity contribution < 1.29 is 9.84 Å². The molecule has 2 atom stereocenters. The van der Waals surface area contributed by atoms with E-state index in [9.17, 15) is 0 Å². The van der Waals surface area contributed by atoms with E-state index in [2.05, 4.69) is 28.2 Å². The molecule has 20 heavy (non-hydrogen) atoms. The SMILES string of the molecule is OCCC#Cc1ccsc1CN1CCOC2CCCC21. The van der Waals surface area contributed by atoms with Gasteiger partial charge in [-0.25, -0.2) is 0 Å². The molecule has 1 saturated heterocycles. The molecule has 2 aliphatic rings. The maximum absolute atomic E-state index is 8.81. The third-order valence-corrected chi connectivity index (χ3v) is 5.05. The Morgan fingerprint density at radius 2 is 2.40 bits per heavy atom. The second-order valence-electron chi connectivity index (χ2n) is 5.41. The Morgan fingerprint density at radius 3 is 3.30 bits per heavy atom. The van der Waals surface area contributed by atoms with Crippen LogP contribution in [0.5, 0.6) is 0 Å². The van der Waals surface area contributed by atoms with Crippen LogP contribution in [-0.2, 0) is 11.3 Å². The lowest BCUT2D eigenvalue weighted by molar-refractivity contribution is -0.0585. The average Bonchev–Trinajstić information content (AvgIpc) is 3.09. The first-order valence-corrected chi connectivity index (χ1v) is 8.28. The van der Waals surface area contributed by atoms with Crippen LogP contribution in [0.4, 0.5) is 0 Å². The summed E-state index contributed by atoms with van der Waals surface area (Å²) in [6.45, 7) is 3.02. The van der Waals surface area contributed by atoms with Gasteiger partial charge in [0.2, 0.25) is 0 Å². The summed E-state index contributed by atoms with van der Waals surface area (Å²) in [6, 6.07) is 2.70. The van der Waals surface area contributed by atoms with Crippen molar-refractivity contribution in [3.8, 4) is 11.8 Å². The largest absolute Gasteiger partial charge is 0.395 e. The molecular weight excluding hydrogens is 270 g/mol. The number of ether oxygens (including phenoxy) is 1. The fraction of sp³-hybridized carbons (Fsp3) is 0.625. The highest BCUT2D eigenvalue weighted by Crippen LogP contribution is 2.31. The Kier molecular flexibility index (Phi) is 4.74. The van der Waals surface area contributed by atoms with E-state index in [1.54, 1.807) is 11.3 Å². The maximum atomic E-state index is 8.81. The highest BCUT2D eigenvalue weighted by molar-refractivity contribution is 7.10. The van der Waals surface area contributed by atoms with Crippen LogP contribution in [0.2, 0.25) is 0 Å². The van der Waals surface area contributed by atoms with Crippen molar-refractivity contribution in [1.29, 1.82) is 0 Å². The summed E-state index contributed by atoms with van der Waals surface area (Å²) in [4.78, 5) is 3.92. The van der Waals surface area contributed by atoms with Crippen molar-refractivity contribution in [1.82, 2.24) is 4.90 Å². The molecule has 0 spiro atoms. The molecule has 3 nitrogen and oxygen atoms in total. The van der Waals surface area contributed by atoms with E-state index in [1.165, 1.54) is 24.1 Å². The molecule has 0 radical (unpaired) electrons. The molecule has 2 fully saturated rings. The molecule has 0 bridgehead atoms. The van der Waals surface area contributed by atoms with E-state index in [4.69, 9.17) is 9.84 Å². The number of aliphatic hydroxyl groups is 1. The van der Waals surface area contributed by atoms with Crippen LogP contribution in [-0.4, -0.2) is 41.9 Å². The fourth-order valence-corrected chi connectivity index (χ4v) is 4.03. The third-order valence-electron chi connectivity index (χ3n) is 4.15. The van der Waals surface area contributed by atoms with Crippen LogP contribution in [0.15, 0.2) is 11.4 Å². The van der Waals surface area contributed by atoms with Crippen molar-refractivity contribution in [2.45, 2.75) is 44.4 Å². The normalized spacial score (nSPS) is 26.1. The summed E-state index contributed by atoms with van der Waals surface area (Å²) in [5.41, 5.74) is 1.13. The lowest BCUT2D eigenvalue weighted by Gasteiger charge is -2.37. The topological polar surface area (TPSA) is 32.7 Å². The highest BCUT2D eigenvalue weighted by atomic mass is 32.1. The molecule has 4 heteroatoms. The predicted octanol–water partition coefficient (Wildman–Crippen LogP) is 2.24. The van der Waals surface area contributed by atoms with Crippen molar-refractivity contribution in [2.24, 2.45) is 0 Å². The molecule has 0 aromatic carbocycles. The summed E-state index contributed by atoms with van der Waals surface area (Å²) < 4.78 is 5.87. The van der Waals surface area contributed by atoms with Gasteiger partial charge < -0.3 is 9.84 Å². The Labute approximate surface area is 124 Å². The van der Waals surface area contributed by atoms with Crippen molar-refractivity contribution in [3.05, 3.63) is 21.9 Å². The van der Waals surface area contributed by atoms with Gasteiger partial charge in [0.1, 0.15) is 0 Å². The van der Waals surface area contributed by atoms with Crippen molar-refractivity contribution in [2.75, 3.05) is 19.8 Å². The number of aliphatic hydroxyl groups excluding tert-OH is 1. The van der Waals surface area contributed by atoms with E-state index in [0.29, 0.717) is 18.6 Å². The molecule has 3 rings (SSSR count). The summed E-state index contributed by atoms with van der Waals surface area (Å²) in [5.74, 6) is 6.21. The lowest BCUT2D eigenvalue weighted by Crippen LogP contribution is -2.47. The molecule has 1 N–H and O–H groups in total. The van der Waals surface area contributed by atoms with Gasteiger partial charge in [-0.3, -0.25) is 4.90 Å². The number of thiophene rings is 1. The monoisotopic (exact) mass is 291 g/mol. The number of rotatable bonds is 3. The quantitative estimate of drug-likeness (QED) is 0.867. The minimum Gasteiger partial charge on any atom is -0.395 e. The van der Waals surface area contributed by atoms with E-state index in [0.717, 1.165) is 25.3 Å². The van der Waals surface area contributed by atoms with Crippen molar-refractivity contribution in [3.63, 3.8) is 0 Å². The average molecular weight is 291 g/mol. The Morgan fingerprint density at radius 1 is 1.45 bits per heavy atom. The summed E-state index contributed by atoms with van der Waals surface area (Å²) in [6.07, 6.45) is 4.78. The third kappa shape index (κ3) is 3.07. The van der Waals surface area contributed by atoms with Crippen LogP contribution in [0.25, 0.3) is 0 Å². The van der Waals surface area contributed by atoms with Crippen LogP contribution < -0.4 is 0 Å². The second-order valence-corrected chi connectivity index (χ2v) is 6.41. The predicted molar refractivity (Wildman–Crippen MR) is 80.7 cm³/mol. The van der Waals surface area contributed by atoms with Gasteiger partial charge in [0, 0.05) is 36.0 Å². The Hall–Kier alpha value is -0.860. The van der Waals surface area contributed by atoms with Crippen LogP contribution >= 0.6 is 11.3 Å². The minimum absolute atomic E-state index is 0.139. The molecular formula is C16H21NO2S. The second kappa shape index (κ2) is 6.73. The zero-order valence-corrected chi connectivity index (χ0v) is 12.5. The molecule has 1 aliphatic heterocycles. The first kappa shape index (κ1) is 14.1. The zero-order chi connectivity index (χ0) is 13.8. The number of hydrogen-bond acceptors (Lipinski definition) is 4. The lowest BCUT2D eigenvalue weighted by atomic mass is 10.1. The standard InChI is InChI=1S/C16H21NO2S/c18-9-2-1-4-13-7-11-20-16(13)12-17-8-10-19-15-6-3-5-14(15)17/h7,11,14-15,18H,2-3,5-6,8-10,12H2. The Bertz CT molecular complexity index is 502. The smallest absolute Gasteiger partial charge is 0.0731 e. The van der Waals surface area contributed by atoms with Gasteiger partial charge in [0.25, 0.3) is 0 Å². The first-order chi connectivity index (χ1) is 9.88. The molecule has 1 saturated carbocycles. The summed E-state index contributed by atoms with van der Waals surface area (Å²) in [5, 5.41) is 10.9. The fourth-order valence-electron chi connectivity index (χ4n) is 3.17. The summed E-state index contributed by atoms with van der Waals surface area (Å²) >= 11 is 1.79. The van der Waals surface area contributed by atoms with Gasteiger partial charge in [0.15, 0.2) is 0 Å². The van der Waals surface area contributed by atoms with E-state index >= 15 is 0 Å². The highest BCUT2D eigenvalue weighted by Gasteiger charge is 2.36. The van der Waals surface area contributed by atoms with Crippen molar-refractivity contribution >= 4 is 11.3 Å². The van der Waals surface area contributed by atoms with Gasteiger partial charge >= 0.3 is 0 Å². The number of hydrogen-bond donors (Lipinski definition) is 1. The van der Waals surface area contributed by atoms with Gasteiger partial charge in [-0.1, -0.05) is 11.8 Å². The van der Waals surface area contributed by atoms with Gasteiger partial charge in [0.05, 0.1) is 19.3 Å². The summed E-state index contributed by atoms with van der Waals surface area (Å²) in [7, 11) is 0. The maximum Gasteiger partial charge on any atom is 0.0731 e. The number of morpholine rings is 1. The molecule has 1 aromatic rings. The van der Waals surface area contributed by atoms with E-state index in [-0.39, 0.29) is 6.61 Å². The first-order valence-electron chi connectivity index (χ1n) is 7.40. The molecule has 1 aliphatic carbocycles. The number of fused-ring (bicyclic) bond motifs is 1. The van der Waals surface area contributed by atoms with E-state index in [1.807, 2.05) is 0 Å². The van der Waals surface area contributed by atoms with Crippen LogP contribution in [0, 0.1) is 11.8 Å². The number of nitrogens with zero attached hydrogens (tertiary/aromatic N) is 1. The van der Waals surface area contributed by atoms with Gasteiger partial charge in [-0.15, -0.1) is 11.3 Å². The Balaban J connectivity index is 1.68. The molecule has 2 unspecified atom stereocenters. The minimum atomic E-state index is 0.139. The zero-order valence-electron chi connectivity index (χ0n) is 11.7. The van der Waals surface area contributed by atoms with Crippen LogP contribution in [0.3, 0.4) is 0 Å². The molecule has 108 valence electrons. The van der Waals surface area contributed by atoms with Gasteiger partial charge in [-0.05, 0) is 30.7 Å². The molecule has 1 aromatic heterocycles. The van der Waals surface area contributed by atoms with Gasteiger partial charge in [-0.2, -0.15) is 0 Å². The van der Waals surface area contributed by atoms with E-state index < -0.39 is 0 Å². The van der Waals surface area contributed by atoms with Crippen LogP contribution in [0.1, 0.15) is 36.1 Å².